The Bertz CT molecular complexity index is 373. The number of hydrogen-bond donors (Lipinski definition) is 1. The van der Waals surface area contributed by atoms with Crippen molar-refractivity contribution in [1.82, 2.24) is 0 Å². The van der Waals surface area contributed by atoms with Gasteiger partial charge in [0, 0.05) is 0 Å². The third-order valence-corrected chi connectivity index (χ3v) is 2.96. The highest BCUT2D eigenvalue weighted by Crippen LogP contribution is 2.14. The van der Waals surface area contributed by atoms with Gasteiger partial charge in [-0.15, -0.1) is 0 Å². The van der Waals surface area contributed by atoms with Gasteiger partial charge in [-0.2, -0.15) is 8.42 Å². The Labute approximate surface area is 99.8 Å². The fraction of sp³-hybridized carbons (Fsp3) is 0.778. The molecule has 0 amide bonds. The van der Waals surface area contributed by atoms with Gasteiger partial charge in [0.25, 0.3) is 10.1 Å². The standard InChI is InChI=1S/C9H16O7S/c1-6(8(10)15-3)7(2)9(11)16-4-5-17(12,13)14/h6-7H,4-5H2,1-3H3,(H,12,13,14). The number of methoxy groups -OCH3 is 1. The molecular weight excluding hydrogens is 252 g/mol. The van der Waals surface area contributed by atoms with E-state index in [-0.39, 0.29) is 0 Å². The van der Waals surface area contributed by atoms with Crippen molar-refractivity contribution in [3.05, 3.63) is 0 Å². The zero-order chi connectivity index (χ0) is 13.6. The third-order valence-electron chi connectivity index (χ3n) is 2.28. The van der Waals surface area contributed by atoms with Crippen molar-refractivity contribution < 1.29 is 32.0 Å². The molecule has 1 N–H and O–H groups in total. The first-order chi connectivity index (χ1) is 7.69. The first kappa shape index (κ1) is 15.9. The number of ether oxygens (including phenoxy) is 2. The Balaban J connectivity index is 4.19. The van der Waals surface area contributed by atoms with Crippen LogP contribution in [0.15, 0.2) is 0 Å². The average Bonchev–Trinajstić information content (AvgIpc) is 2.24. The predicted octanol–water partition coefficient (Wildman–Crippen LogP) is -0.137. The van der Waals surface area contributed by atoms with Crippen LogP contribution < -0.4 is 0 Å². The maximum absolute atomic E-state index is 11.4. The highest BCUT2D eigenvalue weighted by atomic mass is 32.2. The monoisotopic (exact) mass is 268 g/mol. The fourth-order valence-electron chi connectivity index (χ4n) is 0.973. The number of hydrogen-bond acceptors (Lipinski definition) is 6. The molecule has 0 aliphatic rings. The highest BCUT2D eigenvalue weighted by molar-refractivity contribution is 7.85. The second-order valence-corrected chi connectivity index (χ2v) is 5.13. The molecule has 0 aromatic rings. The molecular formula is C9H16O7S. The summed E-state index contributed by atoms with van der Waals surface area (Å²) in [5.41, 5.74) is 0. The molecule has 0 heterocycles. The Kier molecular flexibility index (Phi) is 6.11. The van der Waals surface area contributed by atoms with Crippen LogP contribution >= 0.6 is 0 Å². The Morgan fingerprint density at radius 2 is 1.65 bits per heavy atom. The molecule has 17 heavy (non-hydrogen) atoms. The summed E-state index contributed by atoms with van der Waals surface area (Å²) in [5.74, 6) is -3.37. The lowest BCUT2D eigenvalue weighted by Gasteiger charge is -2.16. The van der Waals surface area contributed by atoms with E-state index in [2.05, 4.69) is 9.47 Å². The summed E-state index contributed by atoms with van der Waals surface area (Å²) in [4.78, 5) is 22.5. The summed E-state index contributed by atoms with van der Waals surface area (Å²) >= 11 is 0. The highest BCUT2D eigenvalue weighted by Gasteiger charge is 2.28. The lowest BCUT2D eigenvalue weighted by atomic mass is 9.96. The molecule has 0 aliphatic carbocycles. The van der Waals surface area contributed by atoms with E-state index in [0.29, 0.717) is 0 Å². The van der Waals surface area contributed by atoms with Crippen molar-refractivity contribution in [3.63, 3.8) is 0 Å². The molecule has 2 unspecified atom stereocenters. The van der Waals surface area contributed by atoms with E-state index in [1.54, 1.807) is 0 Å². The molecule has 0 saturated carbocycles. The van der Waals surface area contributed by atoms with Crippen LogP contribution in [0.3, 0.4) is 0 Å². The Morgan fingerprint density at radius 1 is 1.18 bits per heavy atom. The SMILES string of the molecule is COC(=O)C(C)C(C)C(=O)OCCS(=O)(=O)O. The van der Waals surface area contributed by atoms with Crippen LogP contribution in [0.5, 0.6) is 0 Å². The topological polar surface area (TPSA) is 107 Å². The van der Waals surface area contributed by atoms with E-state index in [0.717, 1.165) is 0 Å². The van der Waals surface area contributed by atoms with Crippen molar-refractivity contribution in [2.45, 2.75) is 13.8 Å². The molecule has 0 fully saturated rings. The van der Waals surface area contributed by atoms with Crippen LogP contribution in [0.2, 0.25) is 0 Å². The van der Waals surface area contributed by atoms with Gasteiger partial charge >= 0.3 is 11.9 Å². The van der Waals surface area contributed by atoms with Crippen LogP contribution in [0.1, 0.15) is 13.8 Å². The van der Waals surface area contributed by atoms with Crippen molar-refractivity contribution in [3.8, 4) is 0 Å². The number of carbonyl (C=O) groups is 2. The predicted molar refractivity (Wildman–Crippen MR) is 57.7 cm³/mol. The largest absolute Gasteiger partial charge is 0.469 e. The molecule has 2 atom stereocenters. The molecule has 100 valence electrons. The van der Waals surface area contributed by atoms with E-state index in [1.807, 2.05) is 0 Å². The first-order valence-corrected chi connectivity index (χ1v) is 6.49. The minimum atomic E-state index is -4.16. The van der Waals surface area contributed by atoms with Gasteiger partial charge in [-0.3, -0.25) is 14.1 Å². The molecule has 0 aliphatic heterocycles. The molecule has 0 saturated heterocycles. The summed E-state index contributed by atoms with van der Waals surface area (Å²) in [6, 6.07) is 0. The van der Waals surface area contributed by atoms with Crippen molar-refractivity contribution in [2.75, 3.05) is 19.5 Å². The van der Waals surface area contributed by atoms with Crippen molar-refractivity contribution >= 4 is 22.1 Å². The minimum absolute atomic E-state index is 0.449. The van der Waals surface area contributed by atoms with Crippen molar-refractivity contribution in [2.24, 2.45) is 11.8 Å². The molecule has 0 aromatic carbocycles. The van der Waals surface area contributed by atoms with Crippen LogP contribution in [0, 0.1) is 11.8 Å². The normalized spacial score (nSPS) is 14.8. The minimum Gasteiger partial charge on any atom is -0.469 e. The van der Waals surface area contributed by atoms with Gasteiger partial charge in [0.1, 0.15) is 12.4 Å². The Morgan fingerprint density at radius 3 is 2.06 bits per heavy atom. The summed E-state index contributed by atoms with van der Waals surface area (Å²) < 4.78 is 38.2. The van der Waals surface area contributed by atoms with Crippen LogP contribution in [-0.2, 0) is 29.2 Å². The maximum Gasteiger partial charge on any atom is 0.309 e. The third kappa shape index (κ3) is 6.22. The Hall–Kier alpha value is -1.15. The quantitative estimate of drug-likeness (QED) is 0.527. The first-order valence-electron chi connectivity index (χ1n) is 4.88. The second kappa shape index (κ2) is 6.55. The molecule has 0 aromatic heterocycles. The lowest BCUT2D eigenvalue weighted by molar-refractivity contribution is -0.157. The van der Waals surface area contributed by atoms with Gasteiger partial charge in [0.05, 0.1) is 18.9 Å². The van der Waals surface area contributed by atoms with E-state index in [4.69, 9.17) is 4.55 Å². The van der Waals surface area contributed by atoms with Crippen LogP contribution in [0.4, 0.5) is 0 Å². The van der Waals surface area contributed by atoms with Gasteiger partial charge in [-0.25, -0.2) is 0 Å². The molecule has 0 rings (SSSR count). The molecule has 0 radical (unpaired) electrons. The van der Waals surface area contributed by atoms with Gasteiger partial charge < -0.3 is 9.47 Å². The average molecular weight is 268 g/mol. The number of esters is 2. The molecule has 7 nitrogen and oxygen atoms in total. The zero-order valence-electron chi connectivity index (χ0n) is 9.87. The van der Waals surface area contributed by atoms with Gasteiger partial charge in [-0.1, -0.05) is 13.8 Å². The van der Waals surface area contributed by atoms with E-state index in [1.165, 1.54) is 21.0 Å². The smallest absolute Gasteiger partial charge is 0.309 e. The summed E-state index contributed by atoms with van der Waals surface area (Å²) in [6.45, 7) is 2.52. The molecule has 8 heteroatoms. The van der Waals surface area contributed by atoms with Gasteiger partial charge in [-0.05, 0) is 0 Å². The van der Waals surface area contributed by atoms with Crippen LogP contribution in [-0.4, -0.2) is 44.4 Å². The summed E-state index contributed by atoms with van der Waals surface area (Å²) in [7, 11) is -2.95. The molecule has 0 bridgehead atoms. The second-order valence-electron chi connectivity index (χ2n) is 3.55. The lowest BCUT2D eigenvalue weighted by Crippen LogP contribution is -2.29. The van der Waals surface area contributed by atoms with E-state index in [9.17, 15) is 18.0 Å². The van der Waals surface area contributed by atoms with E-state index >= 15 is 0 Å². The fourth-order valence-corrected chi connectivity index (χ4v) is 1.27. The zero-order valence-corrected chi connectivity index (χ0v) is 10.7. The van der Waals surface area contributed by atoms with E-state index < -0.39 is 46.3 Å². The maximum atomic E-state index is 11.4. The van der Waals surface area contributed by atoms with Gasteiger partial charge in [0.2, 0.25) is 0 Å². The van der Waals surface area contributed by atoms with Gasteiger partial charge in [0.15, 0.2) is 0 Å². The summed E-state index contributed by atoms with van der Waals surface area (Å²) in [6.07, 6.45) is 0. The van der Waals surface area contributed by atoms with Crippen molar-refractivity contribution in [1.29, 1.82) is 0 Å². The number of carbonyl (C=O) groups excluding carboxylic acids is 2. The number of rotatable bonds is 6. The summed E-state index contributed by atoms with van der Waals surface area (Å²) in [5, 5.41) is 0. The van der Waals surface area contributed by atoms with Crippen LogP contribution in [0.25, 0.3) is 0 Å². The molecule has 0 spiro atoms.